The van der Waals surface area contributed by atoms with Gasteiger partial charge in [-0.05, 0) is 13.3 Å². The second kappa shape index (κ2) is 7.33. The number of nitrogens with zero attached hydrogens (tertiary/aromatic N) is 1. The maximum Gasteiger partial charge on any atom is 0.353 e. The molecule has 3 heterocycles. The van der Waals surface area contributed by atoms with Crippen molar-refractivity contribution < 1.29 is 28.2 Å². The molecule has 3 rings (SSSR count). The maximum atomic E-state index is 12.3. The molecule has 0 aromatic heterocycles. The minimum atomic E-state index is -3.76. The molecule has 152 valence electrons. The molecule has 2 fully saturated rings. The Balaban J connectivity index is 1.71. The first-order valence-corrected chi connectivity index (χ1v) is 11.1. The molecule has 6 atom stereocenters. The van der Waals surface area contributed by atoms with Crippen molar-refractivity contribution in [3.8, 4) is 0 Å². The fraction of sp³-hybridized carbons (Fsp3) is 0.733. The molecule has 4 unspecified atom stereocenters. The number of carbonyl (C=O) groups excluding carboxylic acids is 1. The molecule has 27 heavy (non-hydrogen) atoms. The van der Waals surface area contributed by atoms with E-state index in [1.165, 1.54) is 16.7 Å². The summed E-state index contributed by atoms with van der Waals surface area (Å²) in [4.78, 5) is 26.1. The Kier molecular flexibility index (Phi) is 5.58. The number of nitrogens with two attached hydrogens (primary N) is 1. The van der Waals surface area contributed by atoms with Gasteiger partial charge in [0.2, 0.25) is 5.91 Å². The van der Waals surface area contributed by atoms with Crippen molar-refractivity contribution in [3.63, 3.8) is 0 Å². The number of rotatable bonds is 7. The van der Waals surface area contributed by atoms with E-state index in [0.29, 0.717) is 17.9 Å². The van der Waals surface area contributed by atoms with Gasteiger partial charge in [0.15, 0.2) is 0 Å². The van der Waals surface area contributed by atoms with Crippen LogP contribution in [0, 0.1) is 11.8 Å². The zero-order valence-electron chi connectivity index (χ0n) is 15.0. The van der Waals surface area contributed by atoms with Gasteiger partial charge in [-0.15, -0.1) is 11.8 Å². The minimum absolute atomic E-state index is 0.00510. The molecule has 12 heteroatoms. The Morgan fingerprint density at radius 1 is 1.52 bits per heavy atom. The van der Waals surface area contributed by atoms with Crippen molar-refractivity contribution in [2.75, 3.05) is 13.1 Å². The number of amides is 1. The number of β-lactam (4-membered cyclic amide) rings is 1. The number of carbonyl (C=O) groups is 2. The zero-order chi connectivity index (χ0) is 20.1. The Morgan fingerprint density at radius 2 is 2.19 bits per heavy atom. The third kappa shape index (κ3) is 3.87. The predicted molar refractivity (Wildman–Crippen MR) is 98.5 cm³/mol. The highest BCUT2D eigenvalue weighted by atomic mass is 32.2. The number of aliphatic carboxylic acids is 1. The fourth-order valence-corrected chi connectivity index (χ4v) is 6.05. The molecule has 0 aliphatic carbocycles. The lowest BCUT2D eigenvalue weighted by molar-refractivity contribution is -0.163. The van der Waals surface area contributed by atoms with Crippen LogP contribution < -0.4 is 15.2 Å². The summed E-state index contributed by atoms with van der Waals surface area (Å²) in [6, 6.07) is -0.435. The molecule has 3 aliphatic heterocycles. The molecule has 0 spiro atoms. The van der Waals surface area contributed by atoms with Crippen LogP contribution in [0.1, 0.15) is 20.3 Å². The summed E-state index contributed by atoms with van der Waals surface area (Å²) >= 11 is 1.41. The summed E-state index contributed by atoms with van der Waals surface area (Å²) < 4.78 is 24.3. The summed E-state index contributed by atoms with van der Waals surface area (Å²) in [6.45, 7) is 4.17. The van der Waals surface area contributed by atoms with E-state index in [-0.39, 0.29) is 41.4 Å². The first-order valence-electron chi connectivity index (χ1n) is 8.67. The van der Waals surface area contributed by atoms with Gasteiger partial charge in [0.1, 0.15) is 5.70 Å². The zero-order valence-corrected chi connectivity index (χ0v) is 16.6. The molecule has 0 aromatic rings. The van der Waals surface area contributed by atoms with Gasteiger partial charge in [-0.25, -0.2) is 14.7 Å². The van der Waals surface area contributed by atoms with Crippen LogP contribution in [0.2, 0.25) is 0 Å². The highest BCUT2D eigenvalue weighted by molar-refractivity contribution is 8.03. The molecular formula is C15H24N4O6S2. The quantitative estimate of drug-likeness (QED) is 0.308. The summed E-state index contributed by atoms with van der Waals surface area (Å²) in [6.07, 6.45) is -0.197. The van der Waals surface area contributed by atoms with E-state index < -0.39 is 28.2 Å². The standard InChI is InChI=1S/C15H24N4O6S2/c1-6-11-10(7(2)20)14(21)19(11)12(15(22)23)13(6)26-9-3-8(17-5-9)4-18-27(16,24)25/h6-11,17-18,20H,3-5H2,1-2H3,(H,22,23)(H2,16,24,25)/t6?,7?,8?,9?,10-,11-/m0/s1. The molecule has 6 N–H and O–H groups in total. The Bertz CT molecular complexity index is 783. The van der Waals surface area contributed by atoms with E-state index in [2.05, 4.69) is 10.0 Å². The van der Waals surface area contributed by atoms with Crippen molar-refractivity contribution in [3.05, 3.63) is 10.6 Å². The number of hydrogen-bond acceptors (Lipinski definition) is 7. The van der Waals surface area contributed by atoms with Gasteiger partial charge in [0, 0.05) is 35.2 Å². The van der Waals surface area contributed by atoms with Gasteiger partial charge >= 0.3 is 5.97 Å². The van der Waals surface area contributed by atoms with E-state index >= 15 is 0 Å². The van der Waals surface area contributed by atoms with E-state index in [9.17, 15) is 28.2 Å². The van der Waals surface area contributed by atoms with E-state index in [1.807, 2.05) is 6.92 Å². The first-order chi connectivity index (χ1) is 12.5. The third-order valence-corrected chi connectivity index (χ3v) is 7.40. The number of carboxylic acids is 1. The number of aliphatic hydroxyl groups excluding tert-OH is 1. The SMILES string of the molecule is CC(O)[C@@H]1C(=O)N2C(C(=O)O)=C(SC3CNC(CNS(N)(=O)=O)C3)C(C)[C@@H]12. The number of carboxylic acid groups (broad SMARTS) is 1. The summed E-state index contributed by atoms with van der Waals surface area (Å²) in [5.74, 6) is -2.27. The lowest BCUT2D eigenvalue weighted by atomic mass is 9.79. The van der Waals surface area contributed by atoms with Crippen LogP contribution in [0.5, 0.6) is 0 Å². The molecule has 0 bridgehead atoms. The second-order valence-electron chi connectivity index (χ2n) is 7.25. The average Bonchev–Trinajstić information content (AvgIpc) is 3.07. The predicted octanol–water partition coefficient (Wildman–Crippen LogP) is -1.60. The maximum absolute atomic E-state index is 12.3. The van der Waals surface area contributed by atoms with E-state index in [0.717, 1.165) is 0 Å². The van der Waals surface area contributed by atoms with Crippen LogP contribution in [0.15, 0.2) is 10.6 Å². The highest BCUT2D eigenvalue weighted by Crippen LogP contribution is 2.51. The van der Waals surface area contributed by atoms with Crippen LogP contribution in [0.3, 0.4) is 0 Å². The molecule has 1 amide bonds. The topological polar surface area (TPSA) is 162 Å². The molecule has 0 radical (unpaired) electrons. The molecule has 0 saturated carbocycles. The van der Waals surface area contributed by atoms with Gasteiger partial charge in [0.05, 0.1) is 18.1 Å². The van der Waals surface area contributed by atoms with Crippen molar-refractivity contribution in [1.29, 1.82) is 0 Å². The van der Waals surface area contributed by atoms with Crippen molar-refractivity contribution >= 4 is 33.8 Å². The molecular weight excluding hydrogens is 396 g/mol. The van der Waals surface area contributed by atoms with Crippen LogP contribution in [0.4, 0.5) is 0 Å². The third-order valence-electron chi connectivity index (χ3n) is 5.32. The number of aliphatic hydroxyl groups is 1. The molecule has 10 nitrogen and oxygen atoms in total. The van der Waals surface area contributed by atoms with Crippen molar-refractivity contribution in [1.82, 2.24) is 14.9 Å². The van der Waals surface area contributed by atoms with Crippen LogP contribution >= 0.6 is 11.8 Å². The largest absolute Gasteiger partial charge is 0.477 e. The van der Waals surface area contributed by atoms with Gasteiger partial charge in [-0.3, -0.25) is 4.79 Å². The first kappa shape index (κ1) is 20.6. The Labute approximate surface area is 161 Å². The monoisotopic (exact) mass is 420 g/mol. The lowest BCUT2D eigenvalue weighted by Crippen LogP contribution is -2.63. The van der Waals surface area contributed by atoms with Gasteiger partial charge < -0.3 is 20.4 Å². The van der Waals surface area contributed by atoms with E-state index in [1.54, 1.807) is 6.92 Å². The fourth-order valence-electron chi connectivity index (χ4n) is 4.10. The number of nitrogens with one attached hydrogen (secondary N) is 2. The molecule has 2 saturated heterocycles. The smallest absolute Gasteiger partial charge is 0.353 e. The highest BCUT2D eigenvalue weighted by Gasteiger charge is 2.60. The minimum Gasteiger partial charge on any atom is -0.477 e. The van der Waals surface area contributed by atoms with Gasteiger partial charge in [-0.1, -0.05) is 6.92 Å². The van der Waals surface area contributed by atoms with Gasteiger partial charge in [-0.2, -0.15) is 8.42 Å². The summed E-state index contributed by atoms with van der Waals surface area (Å²) in [5, 5.41) is 27.7. The van der Waals surface area contributed by atoms with Crippen molar-refractivity contribution in [2.45, 2.75) is 43.7 Å². The Morgan fingerprint density at radius 3 is 2.74 bits per heavy atom. The number of fused-ring (bicyclic) bond motifs is 1. The molecule has 0 aromatic carbocycles. The van der Waals surface area contributed by atoms with Crippen LogP contribution in [-0.2, 0) is 19.8 Å². The summed E-state index contributed by atoms with van der Waals surface area (Å²) in [7, 11) is -3.76. The number of hydrogen-bond donors (Lipinski definition) is 5. The average molecular weight is 421 g/mol. The van der Waals surface area contributed by atoms with E-state index in [4.69, 9.17) is 5.14 Å². The molecule has 3 aliphatic rings. The summed E-state index contributed by atoms with van der Waals surface area (Å²) in [5.41, 5.74) is 0.00510. The van der Waals surface area contributed by atoms with Gasteiger partial charge in [0.25, 0.3) is 10.2 Å². The second-order valence-corrected chi connectivity index (χ2v) is 9.97. The lowest BCUT2D eigenvalue weighted by Gasteiger charge is -2.46. The number of thioether (sulfide) groups is 1. The Hall–Kier alpha value is -1.18. The normalized spacial score (nSPS) is 34.6. The van der Waals surface area contributed by atoms with Crippen LogP contribution in [0.25, 0.3) is 0 Å². The van der Waals surface area contributed by atoms with Crippen molar-refractivity contribution in [2.24, 2.45) is 17.0 Å². The van der Waals surface area contributed by atoms with Crippen LogP contribution in [-0.4, -0.2) is 71.9 Å².